The summed E-state index contributed by atoms with van der Waals surface area (Å²) in [5.74, 6) is 0.416. The first-order valence-corrected chi connectivity index (χ1v) is 9.99. The highest BCUT2D eigenvalue weighted by molar-refractivity contribution is 6.06. The lowest BCUT2D eigenvalue weighted by molar-refractivity contribution is -0.120. The quantitative estimate of drug-likeness (QED) is 0.837. The van der Waals surface area contributed by atoms with Crippen molar-refractivity contribution in [3.8, 4) is 5.75 Å². The SMILES string of the molecule is Cc1ccc(OC2CCN(C(=O)OC(C)(C)C)CC2)cc1N1CCC(=O)NC1=O. The van der Waals surface area contributed by atoms with Crippen molar-refractivity contribution in [1.82, 2.24) is 10.2 Å². The van der Waals surface area contributed by atoms with E-state index in [-0.39, 0.29) is 24.5 Å². The summed E-state index contributed by atoms with van der Waals surface area (Å²) < 4.78 is 11.5. The largest absolute Gasteiger partial charge is 0.490 e. The first kappa shape index (κ1) is 21.0. The van der Waals surface area contributed by atoms with Crippen LogP contribution in [-0.4, -0.2) is 54.3 Å². The molecule has 0 aromatic heterocycles. The summed E-state index contributed by atoms with van der Waals surface area (Å²) >= 11 is 0. The Morgan fingerprint density at radius 1 is 1.14 bits per heavy atom. The van der Waals surface area contributed by atoms with Gasteiger partial charge < -0.3 is 14.4 Å². The fourth-order valence-electron chi connectivity index (χ4n) is 3.42. The molecule has 8 nitrogen and oxygen atoms in total. The van der Waals surface area contributed by atoms with Crippen LogP contribution < -0.4 is 15.0 Å². The molecule has 2 fully saturated rings. The number of rotatable bonds is 3. The summed E-state index contributed by atoms with van der Waals surface area (Å²) in [6, 6.07) is 5.22. The lowest BCUT2D eigenvalue weighted by atomic mass is 10.1. The molecule has 0 atom stereocenters. The Morgan fingerprint density at radius 2 is 1.83 bits per heavy atom. The molecule has 1 aromatic rings. The summed E-state index contributed by atoms with van der Waals surface area (Å²) in [6.45, 7) is 8.99. The molecule has 8 heteroatoms. The highest BCUT2D eigenvalue weighted by Crippen LogP contribution is 2.29. The molecule has 3 rings (SSSR count). The number of piperidine rings is 1. The average Bonchev–Trinajstić information content (AvgIpc) is 2.63. The van der Waals surface area contributed by atoms with E-state index in [2.05, 4.69) is 5.32 Å². The first-order valence-electron chi connectivity index (χ1n) is 9.99. The maximum atomic E-state index is 12.2. The van der Waals surface area contributed by atoms with Crippen molar-refractivity contribution in [2.24, 2.45) is 0 Å². The van der Waals surface area contributed by atoms with Gasteiger partial charge in [0.05, 0.1) is 5.69 Å². The minimum absolute atomic E-state index is 0.0130. The molecule has 0 spiro atoms. The predicted molar refractivity (Wildman–Crippen MR) is 108 cm³/mol. The van der Waals surface area contributed by atoms with Crippen molar-refractivity contribution in [2.75, 3.05) is 24.5 Å². The zero-order valence-electron chi connectivity index (χ0n) is 17.5. The monoisotopic (exact) mass is 403 g/mol. The fraction of sp³-hybridized carbons (Fsp3) is 0.571. The van der Waals surface area contributed by atoms with Gasteiger partial charge >= 0.3 is 12.1 Å². The normalized spacial score (nSPS) is 18.5. The standard InChI is InChI=1S/C21H29N3O5/c1-14-5-6-16(13-17(14)24-12-9-18(25)22-19(24)26)28-15-7-10-23(11-8-15)20(27)29-21(2,3)4/h5-6,13,15H,7-12H2,1-4H3,(H,22,25,26). The maximum absolute atomic E-state index is 12.2. The van der Waals surface area contributed by atoms with E-state index in [4.69, 9.17) is 9.47 Å². The number of nitrogens with one attached hydrogen (secondary N) is 1. The second kappa shape index (κ2) is 8.31. The Kier molecular flexibility index (Phi) is 6.00. The van der Waals surface area contributed by atoms with Gasteiger partial charge in [-0.3, -0.25) is 15.0 Å². The number of hydrogen-bond acceptors (Lipinski definition) is 5. The fourth-order valence-corrected chi connectivity index (χ4v) is 3.42. The molecular weight excluding hydrogens is 374 g/mol. The molecule has 1 N–H and O–H groups in total. The number of amides is 4. The van der Waals surface area contributed by atoms with Gasteiger partial charge in [0.15, 0.2) is 0 Å². The number of anilines is 1. The number of aryl methyl sites for hydroxylation is 1. The van der Waals surface area contributed by atoms with Gasteiger partial charge in [-0.05, 0) is 39.3 Å². The third-order valence-electron chi connectivity index (χ3n) is 4.92. The molecule has 2 aliphatic heterocycles. The van der Waals surface area contributed by atoms with Gasteiger partial charge in [-0.2, -0.15) is 0 Å². The van der Waals surface area contributed by atoms with Gasteiger partial charge in [0.2, 0.25) is 5.91 Å². The van der Waals surface area contributed by atoms with Crippen LogP contribution in [0.15, 0.2) is 18.2 Å². The maximum Gasteiger partial charge on any atom is 0.410 e. The van der Waals surface area contributed by atoms with Crippen molar-refractivity contribution in [1.29, 1.82) is 0 Å². The zero-order chi connectivity index (χ0) is 21.2. The molecule has 2 aliphatic rings. The molecule has 29 heavy (non-hydrogen) atoms. The average molecular weight is 403 g/mol. The van der Waals surface area contributed by atoms with E-state index in [1.807, 2.05) is 45.9 Å². The first-order chi connectivity index (χ1) is 13.6. The lowest BCUT2D eigenvalue weighted by Gasteiger charge is -2.34. The number of ether oxygens (including phenoxy) is 2. The number of carbonyl (C=O) groups excluding carboxylic acids is 3. The Labute approximate surface area is 171 Å². The van der Waals surface area contributed by atoms with Crippen LogP contribution in [0.4, 0.5) is 15.3 Å². The number of benzene rings is 1. The predicted octanol–water partition coefficient (Wildman–Crippen LogP) is 3.22. The number of urea groups is 1. The molecule has 4 amide bonds. The molecule has 0 unspecified atom stereocenters. The van der Waals surface area contributed by atoms with Gasteiger partial charge in [0.1, 0.15) is 17.5 Å². The lowest BCUT2D eigenvalue weighted by Crippen LogP contribution is -2.49. The summed E-state index contributed by atoms with van der Waals surface area (Å²) in [5.41, 5.74) is 1.16. The Bertz CT molecular complexity index is 794. The highest BCUT2D eigenvalue weighted by Gasteiger charge is 2.29. The summed E-state index contributed by atoms with van der Waals surface area (Å²) in [5, 5.41) is 2.35. The van der Waals surface area contributed by atoms with Gasteiger partial charge in [0, 0.05) is 45.0 Å². The van der Waals surface area contributed by atoms with E-state index >= 15 is 0 Å². The molecule has 2 heterocycles. The van der Waals surface area contributed by atoms with E-state index in [0.29, 0.717) is 38.2 Å². The number of nitrogens with zero attached hydrogens (tertiary/aromatic N) is 2. The zero-order valence-corrected chi connectivity index (χ0v) is 17.5. The van der Waals surface area contributed by atoms with Crippen LogP contribution in [0.25, 0.3) is 0 Å². The van der Waals surface area contributed by atoms with Gasteiger partial charge in [-0.1, -0.05) is 6.07 Å². The van der Waals surface area contributed by atoms with Crippen LogP contribution in [0.2, 0.25) is 0 Å². The molecular formula is C21H29N3O5. The minimum atomic E-state index is -0.506. The van der Waals surface area contributed by atoms with Crippen molar-refractivity contribution < 1.29 is 23.9 Å². The van der Waals surface area contributed by atoms with E-state index in [9.17, 15) is 14.4 Å². The smallest absolute Gasteiger partial charge is 0.410 e. The van der Waals surface area contributed by atoms with Crippen molar-refractivity contribution in [3.63, 3.8) is 0 Å². The van der Waals surface area contributed by atoms with Crippen molar-refractivity contribution >= 4 is 23.7 Å². The van der Waals surface area contributed by atoms with Crippen LogP contribution in [0.1, 0.15) is 45.6 Å². The number of imide groups is 1. The van der Waals surface area contributed by atoms with E-state index < -0.39 is 11.6 Å². The molecule has 158 valence electrons. The van der Waals surface area contributed by atoms with Crippen LogP contribution >= 0.6 is 0 Å². The van der Waals surface area contributed by atoms with Crippen LogP contribution in [-0.2, 0) is 9.53 Å². The minimum Gasteiger partial charge on any atom is -0.490 e. The van der Waals surface area contributed by atoms with Gasteiger partial charge in [0.25, 0.3) is 0 Å². The second-order valence-corrected chi connectivity index (χ2v) is 8.49. The topological polar surface area (TPSA) is 88.2 Å². The molecule has 0 saturated carbocycles. The highest BCUT2D eigenvalue weighted by atomic mass is 16.6. The van der Waals surface area contributed by atoms with E-state index in [0.717, 1.165) is 11.3 Å². The Balaban J connectivity index is 1.60. The van der Waals surface area contributed by atoms with Crippen LogP contribution in [0.5, 0.6) is 5.75 Å². The number of carbonyl (C=O) groups is 3. The van der Waals surface area contributed by atoms with Crippen LogP contribution in [0.3, 0.4) is 0 Å². The molecule has 0 radical (unpaired) electrons. The summed E-state index contributed by atoms with van der Waals surface area (Å²) in [6.07, 6.45) is 1.39. The molecule has 0 aliphatic carbocycles. The Morgan fingerprint density at radius 3 is 2.45 bits per heavy atom. The van der Waals surface area contributed by atoms with Gasteiger partial charge in [-0.15, -0.1) is 0 Å². The van der Waals surface area contributed by atoms with Crippen LogP contribution in [0, 0.1) is 6.92 Å². The second-order valence-electron chi connectivity index (χ2n) is 8.49. The number of hydrogen-bond donors (Lipinski definition) is 1. The van der Waals surface area contributed by atoms with E-state index in [1.165, 1.54) is 0 Å². The van der Waals surface area contributed by atoms with Gasteiger partial charge in [-0.25, -0.2) is 9.59 Å². The Hall–Kier alpha value is -2.77. The molecule has 2 saturated heterocycles. The third-order valence-corrected chi connectivity index (χ3v) is 4.92. The number of likely N-dealkylation sites (tertiary alicyclic amines) is 1. The van der Waals surface area contributed by atoms with Crippen molar-refractivity contribution in [3.05, 3.63) is 23.8 Å². The molecule has 1 aromatic carbocycles. The van der Waals surface area contributed by atoms with E-state index in [1.54, 1.807) is 9.80 Å². The summed E-state index contributed by atoms with van der Waals surface area (Å²) in [4.78, 5) is 39.0. The molecule has 0 bridgehead atoms. The van der Waals surface area contributed by atoms with Crippen molar-refractivity contribution in [2.45, 2.75) is 58.7 Å². The summed E-state index contributed by atoms with van der Waals surface area (Å²) in [7, 11) is 0. The third kappa shape index (κ3) is 5.40.